The molecule has 1 aliphatic carbocycles. The number of rotatable bonds is 5. The van der Waals surface area contributed by atoms with E-state index in [2.05, 4.69) is 54.9 Å². The zero-order valence-electron chi connectivity index (χ0n) is 13.4. The summed E-state index contributed by atoms with van der Waals surface area (Å²) < 4.78 is 0. The predicted octanol–water partition coefficient (Wildman–Crippen LogP) is 3.40. The summed E-state index contributed by atoms with van der Waals surface area (Å²) in [7, 11) is 0. The summed E-state index contributed by atoms with van der Waals surface area (Å²) in [5.74, 6) is 6.79. The van der Waals surface area contributed by atoms with Gasteiger partial charge in [-0.25, -0.2) is 0 Å². The van der Waals surface area contributed by atoms with Crippen LogP contribution in [-0.4, -0.2) is 24.0 Å². The second-order valence-corrected chi connectivity index (χ2v) is 6.47. The molecule has 0 aromatic heterocycles. The van der Waals surface area contributed by atoms with Crippen LogP contribution in [0.3, 0.4) is 0 Å². The lowest BCUT2D eigenvalue weighted by molar-refractivity contribution is 0.168. The maximum atomic E-state index is 5.45. The molecule has 1 aromatic carbocycles. The first-order valence-corrected chi connectivity index (χ1v) is 8.21. The molecule has 0 aliphatic heterocycles. The van der Waals surface area contributed by atoms with Crippen LogP contribution in [-0.2, 0) is 6.54 Å². The largest absolute Gasteiger partial charge is 0.320 e. The SMILES string of the molecule is CC(C)CN(Cc1cccc(C#CCN)c1)C1CCCC1. The van der Waals surface area contributed by atoms with E-state index in [1.54, 1.807) is 0 Å². The fraction of sp³-hybridized carbons (Fsp3) is 0.579. The number of hydrogen-bond donors (Lipinski definition) is 1. The van der Waals surface area contributed by atoms with E-state index >= 15 is 0 Å². The molecule has 1 aromatic rings. The van der Waals surface area contributed by atoms with Crippen molar-refractivity contribution in [3.05, 3.63) is 35.4 Å². The van der Waals surface area contributed by atoms with Gasteiger partial charge in [-0.1, -0.05) is 50.7 Å². The monoisotopic (exact) mass is 284 g/mol. The Kier molecular flexibility index (Phi) is 6.29. The lowest BCUT2D eigenvalue weighted by atomic mass is 10.1. The van der Waals surface area contributed by atoms with Gasteiger partial charge >= 0.3 is 0 Å². The second kappa shape index (κ2) is 8.22. The van der Waals surface area contributed by atoms with Gasteiger partial charge in [0.1, 0.15) is 0 Å². The van der Waals surface area contributed by atoms with Crippen molar-refractivity contribution in [1.29, 1.82) is 0 Å². The van der Waals surface area contributed by atoms with Gasteiger partial charge in [-0.3, -0.25) is 4.90 Å². The molecule has 2 heteroatoms. The first kappa shape index (κ1) is 16.1. The summed E-state index contributed by atoms with van der Waals surface area (Å²) in [6.07, 6.45) is 5.50. The number of nitrogens with zero attached hydrogens (tertiary/aromatic N) is 1. The Morgan fingerprint density at radius 2 is 2.05 bits per heavy atom. The molecule has 0 saturated heterocycles. The zero-order valence-corrected chi connectivity index (χ0v) is 13.4. The highest BCUT2D eigenvalue weighted by atomic mass is 15.2. The van der Waals surface area contributed by atoms with E-state index in [-0.39, 0.29) is 0 Å². The average molecular weight is 284 g/mol. The smallest absolute Gasteiger partial charge is 0.0555 e. The third-order valence-electron chi connectivity index (χ3n) is 4.09. The van der Waals surface area contributed by atoms with Gasteiger partial charge in [0.05, 0.1) is 6.54 Å². The molecule has 1 aliphatic rings. The fourth-order valence-corrected chi connectivity index (χ4v) is 3.22. The van der Waals surface area contributed by atoms with Crippen LogP contribution in [0.25, 0.3) is 0 Å². The Bertz CT molecular complexity index is 490. The molecule has 0 unspecified atom stereocenters. The molecular weight excluding hydrogens is 256 g/mol. The molecule has 0 spiro atoms. The van der Waals surface area contributed by atoms with Crippen molar-refractivity contribution in [2.45, 2.75) is 52.1 Å². The molecule has 2 N–H and O–H groups in total. The summed E-state index contributed by atoms with van der Waals surface area (Å²) in [6, 6.07) is 9.37. The third kappa shape index (κ3) is 5.19. The van der Waals surface area contributed by atoms with Crippen molar-refractivity contribution in [3.63, 3.8) is 0 Å². The summed E-state index contributed by atoms with van der Waals surface area (Å²) in [4.78, 5) is 2.67. The fourth-order valence-electron chi connectivity index (χ4n) is 3.22. The third-order valence-corrected chi connectivity index (χ3v) is 4.09. The molecule has 0 radical (unpaired) electrons. The van der Waals surface area contributed by atoms with Crippen molar-refractivity contribution in [2.24, 2.45) is 11.7 Å². The van der Waals surface area contributed by atoms with Gasteiger partial charge in [-0.15, -0.1) is 0 Å². The molecule has 21 heavy (non-hydrogen) atoms. The van der Waals surface area contributed by atoms with Crippen LogP contribution in [0.4, 0.5) is 0 Å². The van der Waals surface area contributed by atoms with Crippen LogP contribution in [0.2, 0.25) is 0 Å². The predicted molar refractivity (Wildman–Crippen MR) is 89.9 cm³/mol. The molecule has 0 heterocycles. The van der Waals surface area contributed by atoms with Gasteiger partial charge in [0, 0.05) is 24.7 Å². The van der Waals surface area contributed by atoms with Crippen molar-refractivity contribution in [2.75, 3.05) is 13.1 Å². The van der Waals surface area contributed by atoms with Gasteiger partial charge in [-0.05, 0) is 36.5 Å². The van der Waals surface area contributed by atoms with Crippen LogP contribution in [0.15, 0.2) is 24.3 Å². The lowest BCUT2D eigenvalue weighted by Gasteiger charge is -2.30. The lowest BCUT2D eigenvalue weighted by Crippen LogP contribution is -2.35. The second-order valence-electron chi connectivity index (χ2n) is 6.47. The van der Waals surface area contributed by atoms with E-state index in [1.807, 2.05) is 0 Å². The average Bonchev–Trinajstić information content (AvgIpc) is 2.98. The van der Waals surface area contributed by atoms with Crippen molar-refractivity contribution in [3.8, 4) is 11.8 Å². The zero-order chi connectivity index (χ0) is 15.1. The van der Waals surface area contributed by atoms with Crippen molar-refractivity contribution >= 4 is 0 Å². The summed E-state index contributed by atoms with van der Waals surface area (Å²) >= 11 is 0. The molecule has 1 saturated carbocycles. The van der Waals surface area contributed by atoms with Crippen LogP contribution in [0.1, 0.15) is 50.7 Å². The molecule has 2 rings (SSSR count). The molecule has 0 bridgehead atoms. The van der Waals surface area contributed by atoms with E-state index in [0.29, 0.717) is 12.5 Å². The van der Waals surface area contributed by atoms with Gasteiger partial charge < -0.3 is 5.73 Å². The van der Waals surface area contributed by atoms with E-state index < -0.39 is 0 Å². The molecule has 0 atom stereocenters. The Balaban J connectivity index is 2.08. The van der Waals surface area contributed by atoms with Crippen molar-refractivity contribution in [1.82, 2.24) is 4.90 Å². The van der Waals surface area contributed by atoms with Gasteiger partial charge in [-0.2, -0.15) is 0 Å². The summed E-state index contributed by atoms with van der Waals surface area (Å²) in [5, 5.41) is 0. The standard InChI is InChI=1S/C19H28N2/c1-16(2)14-21(19-10-3-4-11-19)15-18-8-5-7-17(13-18)9-6-12-20/h5,7-8,13,16,19H,3-4,10-12,14-15,20H2,1-2H3. The van der Waals surface area contributed by atoms with Crippen LogP contribution < -0.4 is 5.73 Å². The normalized spacial score (nSPS) is 15.5. The minimum Gasteiger partial charge on any atom is -0.320 e. The highest BCUT2D eigenvalue weighted by molar-refractivity contribution is 5.37. The Morgan fingerprint density at radius 3 is 2.71 bits per heavy atom. The first-order chi connectivity index (χ1) is 10.2. The summed E-state index contributed by atoms with van der Waals surface area (Å²) in [5.41, 5.74) is 7.90. The number of hydrogen-bond acceptors (Lipinski definition) is 2. The maximum Gasteiger partial charge on any atom is 0.0555 e. The van der Waals surface area contributed by atoms with E-state index in [4.69, 9.17) is 5.73 Å². The van der Waals surface area contributed by atoms with E-state index in [0.717, 1.165) is 18.2 Å². The minimum atomic E-state index is 0.422. The molecular formula is C19H28N2. The topological polar surface area (TPSA) is 29.3 Å². The highest BCUT2D eigenvalue weighted by Gasteiger charge is 2.23. The summed E-state index contributed by atoms with van der Waals surface area (Å²) in [6.45, 7) is 7.27. The van der Waals surface area contributed by atoms with Gasteiger partial charge in [0.2, 0.25) is 0 Å². The van der Waals surface area contributed by atoms with Gasteiger partial charge in [0.25, 0.3) is 0 Å². The van der Waals surface area contributed by atoms with E-state index in [9.17, 15) is 0 Å². The highest BCUT2D eigenvalue weighted by Crippen LogP contribution is 2.25. The van der Waals surface area contributed by atoms with Crippen LogP contribution >= 0.6 is 0 Å². The molecule has 2 nitrogen and oxygen atoms in total. The number of nitrogens with two attached hydrogens (primary N) is 1. The Labute approximate surface area is 129 Å². The van der Waals surface area contributed by atoms with Crippen LogP contribution in [0, 0.1) is 17.8 Å². The van der Waals surface area contributed by atoms with Gasteiger partial charge in [0.15, 0.2) is 0 Å². The Morgan fingerprint density at radius 1 is 1.29 bits per heavy atom. The number of benzene rings is 1. The molecule has 0 amide bonds. The van der Waals surface area contributed by atoms with Crippen molar-refractivity contribution < 1.29 is 0 Å². The molecule has 1 fully saturated rings. The Hall–Kier alpha value is -1.30. The van der Waals surface area contributed by atoms with Crippen LogP contribution in [0.5, 0.6) is 0 Å². The van der Waals surface area contributed by atoms with E-state index in [1.165, 1.54) is 37.8 Å². The minimum absolute atomic E-state index is 0.422. The maximum absolute atomic E-state index is 5.45. The first-order valence-electron chi connectivity index (χ1n) is 8.21. The molecule has 114 valence electrons. The quantitative estimate of drug-likeness (QED) is 0.840.